The van der Waals surface area contributed by atoms with Gasteiger partial charge in [-0.3, -0.25) is 4.90 Å². The van der Waals surface area contributed by atoms with Crippen molar-refractivity contribution in [3.8, 4) is 0 Å². The summed E-state index contributed by atoms with van der Waals surface area (Å²) < 4.78 is 10.4. The minimum Gasteiger partial charge on any atom is -0.462 e. The van der Waals surface area contributed by atoms with Crippen LogP contribution in [0.1, 0.15) is 39.5 Å². The van der Waals surface area contributed by atoms with E-state index < -0.39 is 42.7 Å². The lowest BCUT2D eigenvalue weighted by Gasteiger charge is -2.48. The first-order valence-corrected chi connectivity index (χ1v) is 8.58. The molecule has 0 spiro atoms. The SMILES string of the molecule is CCCCCCOC(=O)C1(O)O[C@H](CO)[C@@H](O)[C@H](O)[C@H]1N(C)CC. The Labute approximate surface area is 143 Å². The van der Waals surface area contributed by atoms with E-state index in [1.807, 2.05) is 0 Å². The lowest BCUT2D eigenvalue weighted by molar-refractivity contribution is -0.325. The number of hydrogen-bond acceptors (Lipinski definition) is 8. The Morgan fingerprint density at radius 2 is 1.88 bits per heavy atom. The van der Waals surface area contributed by atoms with Crippen LogP contribution >= 0.6 is 0 Å². The second-order valence-electron chi connectivity index (χ2n) is 6.23. The molecular weight excluding hydrogens is 318 g/mol. The van der Waals surface area contributed by atoms with Crippen molar-refractivity contribution in [2.24, 2.45) is 0 Å². The molecule has 0 radical (unpaired) electrons. The summed E-state index contributed by atoms with van der Waals surface area (Å²) >= 11 is 0. The standard InChI is InChI=1S/C16H31NO7/c1-4-6-7-8-9-23-15(21)16(22)14(17(3)5-2)13(20)12(19)11(10-18)24-16/h11-14,18-20,22H,4-10H2,1-3H3/t11-,12-,13+,14-,16?/m1/s1. The van der Waals surface area contributed by atoms with Gasteiger partial charge in [0.15, 0.2) is 0 Å². The maximum absolute atomic E-state index is 12.4. The fourth-order valence-electron chi connectivity index (χ4n) is 2.88. The molecule has 1 fully saturated rings. The predicted octanol–water partition coefficient (Wildman–Crippen LogP) is -0.768. The number of hydrogen-bond donors (Lipinski definition) is 4. The van der Waals surface area contributed by atoms with E-state index >= 15 is 0 Å². The highest BCUT2D eigenvalue weighted by atomic mass is 16.7. The molecule has 8 nitrogen and oxygen atoms in total. The first-order valence-electron chi connectivity index (χ1n) is 8.58. The quantitative estimate of drug-likeness (QED) is 0.316. The third kappa shape index (κ3) is 4.65. The van der Waals surface area contributed by atoms with Crippen LogP contribution in [0.25, 0.3) is 0 Å². The third-order valence-corrected chi connectivity index (χ3v) is 4.46. The molecule has 5 atom stereocenters. The van der Waals surface area contributed by atoms with Gasteiger partial charge in [-0.2, -0.15) is 0 Å². The Morgan fingerprint density at radius 3 is 2.42 bits per heavy atom. The summed E-state index contributed by atoms with van der Waals surface area (Å²) in [6.07, 6.45) is -0.534. The minimum atomic E-state index is -2.46. The molecule has 0 amide bonds. The van der Waals surface area contributed by atoms with Crippen LogP contribution in [-0.4, -0.2) is 88.2 Å². The molecule has 0 aromatic rings. The molecule has 1 saturated heterocycles. The molecule has 0 aromatic heterocycles. The van der Waals surface area contributed by atoms with Gasteiger partial charge in [-0.05, 0) is 20.0 Å². The van der Waals surface area contributed by atoms with Gasteiger partial charge in [0, 0.05) is 0 Å². The van der Waals surface area contributed by atoms with Gasteiger partial charge in [-0.1, -0.05) is 33.1 Å². The van der Waals surface area contributed by atoms with Crippen LogP contribution in [0.15, 0.2) is 0 Å². The number of aliphatic hydroxyl groups is 4. The number of esters is 1. The average molecular weight is 349 g/mol. The Bertz CT molecular complexity index is 395. The molecular formula is C16H31NO7. The average Bonchev–Trinajstić information content (AvgIpc) is 2.57. The minimum absolute atomic E-state index is 0.134. The molecule has 1 unspecified atom stereocenters. The summed E-state index contributed by atoms with van der Waals surface area (Å²) in [5, 5.41) is 40.4. The lowest BCUT2D eigenvalue weighted by Crippen LogP contribution is -2.72. The van der Waals surface area contributed by atoms with Crippen LogP contribution in [0.4, 0.5) is 0 Å². The Hall–Kier alpha value is -0.770. The monoisotopic (exact) mass is 349 g/mol. The molecule has 1 aliphatic rings. The zero-order valence-corrected chi connectivity index (χ0v) is 14.7. The van der Waals surface area contributed by atoms with Crippen LogP contribution < -0.4 is 0 Å². The van der Waals surface area contributed by atoms with Crippen LogP contribution in [0.5, 0.6) is 0 Å². The van der Waals surface area contributed by atoms with Gasteiger partial charge >= 0.3 is 5.97 Å². The van der Waals surface area contributed by atoms with Crippen LogP contribution in [0.2, 0.25) is 0 Å². The molecule has 0 bridgehead atoms. The van der Waals surface area contributed by atoms with Crippen molar-refractivity contribution in [3.63, 3.8) is 0 Å². The number of nitrogens with zero attached hydrogens (tertiary/aromatic N) is 1. The van der Waals surface area contributed by atoms with E-state index in [4.69, 9.17) is 9.47 Å². The number of carbonyl (C=O) groups is 1. The Balaban J connectivity index is 2.87. The van der Waals surface area contributed by atoms with E-state index in [-0.39, 0.29) is 6.61 Å². The van der Waals surface area contributed by atoms with Crippen molar-refractivity contribution in [3.05, 3.63) is 0 Å². The topological polar surface area (TPSA) is 120 Å². The molecule has 1 aliphatic heterocycles. The summed E-state index contributed by atoms with van der Waals surface area (Å²) in [5.41, 5.74) is 0. The number of carbonyl (C=O) groups excluding carboxylic acids is 1. The van der Waals surface area contributed by atoms with Gasteiger partial charge in [0.05, 0.1) is 13.2 Å². The van der Waals surface area contributed by atoms with E-state index in [2.05, 4.69) is 6.92 Å². The molecule has 142 valence electrons. The normalized spacial score (nSPS) is 33.7. The lowest BCUT2D eigenvalue weighted by atomic mass is 9.89. The number of rotatable bonds is 9. The number of likely N-dealkylation sites (N-methyl/N-ethyl adjacent to an activating group) is 1. The van der Waals surface area contributed by atoms with Gasteiger partial charge in [0.2, 0.25) is 0 Å². The number of unbranched alkanes of at least 4 members (excludes halogenated alkanes) is 3. The fraction of sp³-hybridized carbons (Fsp3) is 0.938. The molecule has 0 saturated carbocycles. The highest BCUT2D eigenvalue weighted by Gasteiger charge is 2.59. The summed E-state index contributed by atoms with van der Waals surface area (Å²) in [6.45, 7) is 3.72. The van der Waals surface area contributed by atoms with Gasteiger partial charge in [0.1, 0.15) is 24.4 Å². The van der Waals surface area contributed by atoms with Crippen LogP contribution in [-0.2, 0) is 14.3 Å². The zero-order chi connectivity index (χ0) is 18.3. The second-order valence-corrected chi connectivity index (χ2v) is 6.23. The van der Waals surface area contributed by atoms with E-state index in [0.717, 1.165) is 19.3 Å². The maximum atomic E-state index is 12.4. The molecule has 1 heterocycles. The molecule has 8 heteroatoms. The van der Waals surface area contributed by atoms with Crippen molar-refractivity contribution in [1.29, 1.82) is 0 Å². The molecule has 1 rings (SSSR count). The Morgan fingerprint density at radius 1 is 1.21 bits per heavy atom. The van der Waals surface area contributed by atoms with E-state index in [1.165, 1.54) is 4.90 Å². The van der Waals surface area contributed by atoms with Gasteiger partial charge in [-0.15, -0.1) is 0 Å². The van der Waals surface area contributed by atoms with E-state index in [9.17, 15) is 25.2 Å². The molecule has 4 N–H and O–H groups in total. The molecule has 24 heavy (non-hydrogen) atoms. The number of ether oxygens (including phenoxy) is 2. The molecule has 0 aromatic carbocycles. The third-order valence-electron chi connectivity index (χ3n) is 4.46. The van der Waals surface area contributed by atoms with Crippen molar-refractivity contribution in [1.82, 2.24) is 4.90 Å². The van der Waals surface area contributed by atoms with Crippen molar-refractivity contribution in [2.75, 3.05) is 26.8 Å². The van der Waals surface area contributed by atoms with Crippen LogP contribution in [0.3, 0.4) is 0 Å². The van der Waals surface area contributed by atoms with Crippen LogP contribution in [0, 0.1) is 0 Å². The number of aliphatic hydroxyl groups excluding tert-OH is 3. The summed E-state index contributed by atoms with van der Waals surface area (Å²) in [4.78, 5) is 13.9. The largest absolute Gasteiger partial charge is 0.462 e. The van der Waals surface area contributed by atoms with E-state index in [1.54, 1.807) is 14.0 Å². The second kappa shape index (κ2) is 9.65. The first-order chi connectivity index (χ1) is 11.3. The Kier molecular flexibility index (Phi) is 8.55. The maximum Gasteiger partial charge on any atom is 0.368 e. The van der Waals surface area contributed by atoms with Gasteiger partial charge < -0.3 is 29.9 Å². The van der Waals surface area contributed by atoms with Gasteiger partial charge in [-0.25, -0.2) is 4.79 Å². The molecule has 0 aliphatic carbocycles. The summed E-state index contributed by atoms with van der Waals surface area (Å²) in [6, 6.07) is -1.21. The summed E-state index contributed by atoms with van der Waals surface area (Å²) in [7, 11) is 1.59. The first kappa shape index (κ1) is 21.3. The zero-order valence-electron chi connectivity index (χ0n) is 14.7. The van der Waals surface area contributed by atoms with E-state index in [0.29, 0.717) is 13.0 Å². The summed E-state index contributed by atoms with van der Waals surface area (Å²) in [5.74, 6) is -3.48. The highest BCUT2D eigenvalue weighted by Crippen LogP contribution is 2.32. The van der Waals surface area contributed by atoms with Crippen molar-refractivity contribution >= 4 is 5.97 Å². The van der Waals surface area contributed by atoms with Crippen molar-refractivity contribution in [2.45, 2.75) is 69.7 Å². The predicted molar refractivity (Wildman–Crippen MR) is 86.1 cm³/mol. The van der Waals surface area contributed by atoms with Crippen molar-refractivity contribution < 1.29 is 34.7 Å². The smallest absolute Gasteiger partial charge is 0.368 e. The fourth-order valence-corrected chi connectivity index (χ4v) is 2.88. The highest BCUT2D eigenvalue weighted by molar-refractivity contribution is 5.79. The van der Waals surface area contributed by atoms with Gasteiger partial charge in [0.25, 0.3) is 5.79 Å².